The van der Waals surface area contributed by atoms with Gasteiger partial charge in [0.05, 0.1) is 24.9 Å². The van der Waals surface area contributed by atoms with Crippen molar-refractivity contribution in [2.45, 2.75) is 19.4 Å². The first-order valence-corrected chi connectivity index (χ1v) is 8.24. The average molecular weight is 371 g/mol. The average Bonchev–Trinajstić information content (AvgIpc) is 2.89. The summed E-state index contributed by atoms with van der Waals surface area (Å²) in [6, 6.07) is 9.62. The van der Waals surface area contributed by atoms with E-state index in [2.05, 4.69) is 10.6 Å². The summed E-state index contributed by atoms with van der Waals surface area (Å²) in [5, 5.41) is 5.60. The summed E-state index contributed by atoms with van der Waals surface area (Å²) in [5.41, 5.74) is 0.870. The minimum Gasteiger partial charge on any atom is -0.495 e. The van der Waals surface area contributed by atoms with Crippen LogP contribution in [0.5, 0.6) is 5.75 Å². The van der Waals surface area contributed by atoms with E-state index in [-0.39, 0.29) is 18.0 Å². The van der Waals surface area contributed by atoms with Gasteiger partial charge in [0.15, 0.2) is 0 Å². The molecule has 0 bridgehead atoms. The molecule has 3 rings (SSSR count). The highest BCUT2D eigenvalue weighted by molar-refractivity contribution is 6.23. The molecule has 0 saturated carbocycles. The number of hydrogen-bond donors (Lipinski definition) is 2. The molecule has 7 nitrogen and oxygen atoms in total. The quantitative estimate of drug-likeness (QED) is 0.789. The van der Waals surface area contributed by atoms with Crippen molar-refractivity contribution in [3.05, 3.63) is 48.3 Å². The maximum atomic E-state index is 14.0. The van der Waals surface area contributed by atoms with Gasteiger partial charge in [0.25, 0.3) is 5.91 Å². The van der Waals surface area contributed by atoms with E-state index >= 15 is 0 Å². The first-order chi connectivity index (χ1) is 12.9. The first kappa shape index (κ1) is 18.4. The van der Waals surface area contributed by atoms with Crippen LogP contribution in [-0.4, -0.2) is 30.9 Å². The molecule has 0 aromatic heterocycles. The lowest BCUT2D eigenvalue weighted by molar-refractivity contribution is -0.121. The Kier molecular flexibility index (Phi) is 5.07. The molecule has 2 aromatic rings. The van der Waals surface area contributed by atoms with Crippen molar-refractivity contribution in [3.8, 4) is 5.75 Å². The highest BCUT2D eigenvalue weighted by Gasteiger charge is 2.40. The number of hydrogen-bond acceptors (Lipinski definition) is 5. The Morgan fingerprint density at radius 3 is 2.63 bits per heavy atom. The maximum absolute atomic E-state index is 14.0. The van der Waals surface area contributed by atoms with Gasteiger partial charge in [-0.1, -0.05) is 12.1 Å². The third-order valence-corrected chi connectivity index (χ3v) is 4.09. The van der Waals surface area contributed by atoms with Gasteiger partial charge in [-0.05, 0) is 30.3 Å². The van der Waals surface area contributed by atoms with Crippen LogP contribution in [0, 0.1) is 5.82 Å². The molecule has 8 heteroatoms. The number of imide groups is 1. The number of carbonyl (C=O) groups excluding carboxylic acids is 3. The smallest absolute Gasteiger partial charge is 0.256 e. The molecule has 1 fully saturated rings. The monoisotopic (exact) mass is 371 g/mol. The summed E-state index contributed by atoms with van der Waals surface area (Å²) in [7, 11) is 1.46. The Bertz CT molecular complexity index is 916. The van der Waals surface area contributed by atoms with Crippen LogP contribution in [-0.2, 0) is 14.4 Å². The van der Waals surface area contributed by atoms with E-state index in [1.54, 1.807) is 24.3 Å². The zero-order valence-corrected chi connectivity index (χ0v) is 14.8. The standard InChI is InChI=1S/C19H18FN3O4/c1-11(24)21-12-7-8-17(27-2)14(9-12)22-15-10-18(25)23(19(15)26)16-6-4-3-5-13(16)20/h3-9,15,22H,10H2,1-2H3,(H,21,24)/t15-/m0/s1. The van der Waals surface area contributed by atoms with Gasteiger partial charge < -0.3 is 15.4 Å². The van der Waals surface area contributed by atoms with Gasteiger partial charge in [-0.3, -0.25) is 14.4 Å². The normalized spacial score (nSPS) is 16.4. The summed E-state index contributed by atoms with van der Waals surface area (Å²) in [6.07, 6.45) is -0.124. The van der Waals surface area contributed by atoms with Crippen molar-refractivity contribution in [2.24, 2.45) is 0 Å². The molecule has 0 aliphatic carbocycles. The Balaban J connectivity index is 1.86. The highest BCUT2D eigenvalue weighted by atomic mass is 19.1. The lowest BCUT2D eigenvalue weighted by Gasteiger charge is -2.18. The Hall–Kier alpha value is -3.42. The van der Waals surface area contributed by atoms with Gasteiger partial charge in [0, 0.05) is 12.6 Å². The van der Waals surface area contributed by atoms with Gasteiger partial charge in [-0.2, -0.15) is 0 Å². The van der Waals surface area contributed by atoms with Gasteiger partial charge >= 0.3 is 0 Å². The Labute approximate surface area is 155 Å². The number of methoxy groups -OCH3 is 1. The van der Waals surface area contributed by atoms with Crippen LogP contribution in [0.1, 0.15) is 13.3 Å². The van der Waals surface area contributed by atoms with Gasteiger partial charge in [-0.15, -0.1) is 0 Å². The molecule has 2 N–H and O–H groups in total. The second kappa shape index (κ2) is 7.45. The van der Waals surface area contributed by atoms with Crippen molar-refractivity contribution >= 4 is 34.8 Å². The number of halogens is 1. The predicted octanol–water partition coefficient (Wildman–Crippen LogP) is 2.54. The van der Waals surface area contributed by atoms with E-state index in [1.165, 1.54) is 32.2 Å². The van der Waals surface area contributed by atoms with Crippen molar-refractivity contribution in [1.82, 2.24) is 0 Å². The predicted molar refractivity (Wildman–Crippen MR) is 98.2 cm³/mol. The minimum atomic E-state index is -0.876. The number of nitrogens with zero attached hydrogens (tertiary/aromatic N) is 1. The number of amides is 3. The molecule has 1 heterocycles. The fourth-order valence-electron chi connectivity index (χ4n) is 2.92. The molecular formula is C19H18FN3O4. The second-order valence-electron chi connectivity index (χ2n) is 6.02. The lowest BCUT2D eigenvalue weighted by Crippen LogP contribution is -2.35. The van der Waals surface area contributed by atoms with Crippen LogP contribution in [0.2, 0.25) is 0 Å². The van der Waals surface area contributed by atoms with E-state index in [1.807, 2.05) is 0 Å². The molecule has 1 aliphatic rings. The molecule has 2 aromatic carbocycles. The number of benzene rings is 2. The highest BCUT2D eigenvalue weighted by Crippen LogP contribution is 2.32. The molecule has 0 radical (unpaired) electrons. The molecule has 3 amide bonds. The van der Waals surface area contributed by atoms with Crippen LogP contribution in [0.15, 0.2) is 42.5 Å². The number of ether oxygens (including phenoxy) is 1. The zero-order chi connectivity index (χ0) is 19.6. The number of carbonyl (C=O) groups is 3. The molecular weight excluding hydrogens is 353 g/mol. The number of rotatable bonds is 5. The van der Waals surface area contributed by atoms with Crippen LogP contribution in [0.3, 0.4) is 0 Å². The fourth-order valence-corrected chi connectivity index (χ4v) is 2.92. The van der Waals surface area contributed by atoms with Gasteiger partial charge in [0.1, 0.15) is 17.6 Å². The summed E-state index contributed by atoms with van der Waals surface area (Å²) in [4.78, 5) is 37.1. The van der Waals surface area contributed by atoms with E-state index < -0.39 is 23.7 Å². The third-order valence-electron chi connectivity index (χ3n) is 4.09. The number of anilines is 3. The minimum absolute atomic E-state index is 0.0734. The lowest BCUT2D eigenvalue weighted by atomic mass is 10.2. The Morgan fingerprint density at radius 2 is 1.96 bits per heavy atom. The van der Waals surface area contributed by atoms with E-state index in [0.29, 0.717) is 17.1 Å². The third kappa shape index (κ3) is 3.74. The van der Waals surface area contributed by atoms with Crippen molar-refractivity contribution in [3.63, 3.8) is 0 Å². The second-order valence-corrected chi connectivity index (χ2v) is 6.02. The SMILES string of the molecule is COc1ccc(NC(C)=O)cc1N[C@H]1CC(=O)N(c2ccccc2F)C1=O. The fraction of sp³-hybridized carbons (Fsp3) is 0.211. The zero-order valence-electron chi connectivity index (χ0n) is 14.8. The van der Waals surface area contributed by atoms with E-state index in [9.17, 15) is 18.8 Å². The number of para-hydroxylation sites is 1. The summed E-state index contributed by atoms with van der Waals surface area (Å²) in [5.74, 6) is -1.51. The van der Waals surface area contributed by atoms with Crippen molar-refractivity contribution in [2.75, 3.05) is 22.6 Å². The summed E-state index contributed by atoms with van der Waals surface area (Å²) < 4.78 is 19.3. The van der Waals surface area contributed by atoms with Crippen LogP contribution in [0.25, 0.3) is 0 Å². The van der Waals surface area contributed by atoms with Crippen LogP contribution < -0.4 is 20.3 Å². The van der Waals surface area contributed by atoms with Gasteiger partial charge in [-0.25, -0.2) is 9.29 Å². The van der Waals surface area contributed by atoms with Crippen molar-refractivity contribution in [1.29, 1.82) is 0 Å². The molecule has 0 spiro atoms. The molecule has 1 aliphatic heterocycles. The van der Waals surface area contributed by atoms with Gasteiger partial charge in [0.2, 0.25) is 11.8 Å². The van der Waals surface area contributed by atoms with Crippen LogP contribution >= 0.6 is 0 Å². The Morgan fingerprint density at radius 1 is 1.22 bits per heavy atom. The van der Waals surface area contributed by atoms with E-state index in [0.717, 1.165) is 4.90 Å². The van der Waals surface area contributed by atoms with Crippen LogP contribution in [0.4, 0.5) is 21.5 Å². The van der Waals surface area contributed by atoms with E-state index in [4.69, 9.17) is 4.74 Å². The number of nitrogens with one attached hydrogen (secondary N) is 2. The molecule has 27 heavy (non-hydrogen) atoms. The largest absolute Gasteiger partial charge is 0.495 e. The maximum Gasteiger partial charge on any atom is 0.256 e. The topological polar surface area (TPSA) is 87.7 Å². The summed E-state index contributed by atoms with van der Waals surface area (Å²) in [6.45, 7) is 1.38. The molecule has 1 atom stereocenters. The summed E-state index contributed by atoms with van der Waals surface area (Å²) >= 11 is 0. The first-order valence-electron chi connectivity index (χ1n) is 8.24. The van der Waals surface area contributed by atoms with Crippen molar-refractivity contribution < 1.29 is 23.5 Å². The molecule has 140 valence electrons. The molecule has 1 saturated heterocycles. The molecule has 0 unspecified atom stereocenters.